The van der Waals surface area contributed by atoms with Crippen LogP contribution in [0.25, 0.3) is 0 Å². The smallest absolute Gasteiger partial charge is 0.273 e. The summed E-state index contributed by atoms with van der Waals surface area (Å²) in [7, 11) is -4.00. The highest BCUT2D eigenvalue weighted by Crippen LogP contribution is 2.28. The van der Waals surface area contributed by atoms with Gasteiger partial charge >= 0.3 is 10.2 Å². The van der Waals surface area contributed by atoms with Crippen LogP contribution in [0.4, 0.5) is 5.69 Å². The summed E-state index contributed by atoms with van der Waals surface area (Å²) >= 11 is 0. The van der Waals surface area contributed by atoms with Crippen molar-refractivity contribution in [2.75, 3.05) is 4.31 Å². The van der Waals surface area contributed by atoms with Crippen molar-refractivity contribution in [3.63, 3.8) is 0 Å². The van der Waals surface area contributed by atoms with Gasteiger partial charge in [0.2, 0.25) is 5.91 Å². The first-order valence-corrected chi connectivity index (χ1v) is 5.94. The van der Waals surface area contributed by atoms with E-state index in [4.69, 9.17) is 5.14 Å². The van der Waals surface area contributed by atoms with Gasteiger partial charge in [-0.1, -0.05) is 18.2 Å². The second kappa shape index (κ2) is 3.32. The van der Waals surface area contributed by atoms with Crippen molar-refractivity contribution in [1.29, 1.82) is 0 Å². The Hall–Kier alpha value is -1.40. The first kappa shape index (κ1) is 10.1. The van der Waals surface area contributed by atoms with E-state index in [9.17, 15) is 13.2 Å². The van der Waals surface area contributed by atoms with Crippen molar-refractivity contribution >= 4 is 21.8 Å². The molecule has 0 spiro atoms. The van der Waals surface area contributed by atoms with Crippen LogP contribution in [-0.4, -0.2) is 14.3 Å². The number of nitrogens with two attached hydrogens (primary N) is 1. The molecule has 0 aromatic heterocycles. The van der Waals surface area contributed by atoms with Crippen molar-refractivity contribution in [3.05, 3.63) is 29.8 Å². The average Bonchev–Trinajstić information content (AvgIpc) is 2.15. The van der Waals surface area contributed by atoms with E-state index in [0.717, 1.165) is 5.56 Å². The van der Waals surface area contributed by atoms with Crippen LogP contribution in [0.15, 0.2) is 24.3 Å². The van der Waals surface area contributed by atoms with E-state index in [1.165, 1.54) is 0 Å². The quantitative estimate of drug-likeness (QED) is 0.741. The molecule has 0 atom stereocenters. The minimum absolute atomic E-state index is 0.174. The molecule has 1 aliphatic rings. The lowest BCUT2D eigenvalue weighted by Crippen LogP contribution is -2.44. The van der Waals surface area contributed by atoms with Crippen LogP contribution in [0.2, 0.25) is 0 Å². The summed E-state index contributed by atoms with van der Waals surface area (Å²) in [4.78, 5) is 11.5. The number of carbonyl (C=O) groups excluding carboxylic acids is 1. The molecular weight excluding hydrogens is 216 g/mol. The Morgan fingerprint density at radius 1 is 1.20 bits per heavy atom. The lowest BCUT2D eigenvalue weighted by Gasteiger charge is -2.26. The summed E-state index contributed by atoms with van der Waals surface area (Å²) in [6, 6.07) is 6.85. The average molecular weight is 226 g/mol. The van der Waals surface area contributed by atoms with Gasteiger partial charge in [0.15, 0.2) is 0 Å². The number of benzene rings is 1. The van der Waals surface area contributed by atoms with Gasteiger partial charge in [-0.05, 0) is 18.1 Å². The molecule has 0 radical (unpaired) electrons. The number of amides is 1. The van der Waals surface area contributed by atoms with E-state index in [1.54, 1.807) is 24.3 Å². The molecule has 2 rings (SSSR count). The van der Waals surface area contributed by atoms with Gasteiger partial charge in [-0.2, -0.15) is 12.7 Å². The molecule has 1 aromatic rings. The lowest BCUT2D eigenvalue weighted by molar-refractivity contribution is -0.117. The molecule has 0 bridgehead atoms. The van der Waals surface area contributed by atoms with Crippen molar-refractivity contribution in [2.45, 2.75) is 12.8 Å². The Kier molecular flexibility index (Phi) is 2.24. The molecule has 1 aliphatic heterocycles. The Labute approximate surface area is 87.7 Å². The summed E-state index contributed by atoms with van der Waals surface area (Å²) in [5.41, 5.74) is 1.20. The van der Waals surface area contributed by atoms with Crippen molar-refractivity contribution in [2.24, 2.45) is 5.14 Å². The number of nitrogens with zero attached hydrogens (tertiary/aromatic N) is 1. The summed E-state index contributed by atoms with van der Waals surface area (Å²) in [6.45, 7) is 0. The summed E-state index contributed by atoms with van der Waals surface area (Å²) in [6.07, 6.45) is 0.731. The normalized spacial score (nSPS) is 16.3. The van der Waals surface area contributed by atoms with Crippen LogP contribution in [0.5, 0.6) is 0 Å². The number of anilines is 1. The van der Waals surface area contributed by atoms with Gasteiger partial charge in [0.05, 0.1) is 5.69 Å². The Balaban J connectivity index is 2.61. The highest BCUT2D eigenvalue weighted by atomic mass is 32.2. The van der Waals surface area contributed by atoms with Gasteiger partial charge in [0, 0.05) is 6.42 Å². The number of fused-ring (bicyclic) bond motifs is 1. The van der Waals surface area contributed by atoms with Gasteiger partial charge < -0.3 is 0 Å². The zero-order valence-electron chi connectivity index (χ0n) is 7.88. The fourth-order valence-corrected chi connectivity index (χ4v) is 2.50. The van der Waals surface area contributed by atoms with E-state index in [-0.39, 0.29) is 6.42 Å². The third kappa shape index (κ3) is 1.73. The van der Waals surface area contributed by atoms with Crippen LogP contribution in [0, 0.1) is 0 Å². The highest BCUT2D eigenvalue weighted by Gasteiger charge is 2.30. The van der Waals surface area contributed by atoms with Gasteiger partial charge in [0.1, 0.15) is 0 Å². The number of para-hydroxylation sites is 1. The number of hydrogen-bond donors (Lipinski definition) is 1. The summed E-state index contributed by atoms with van der Waals surface area (Å²) in [5.74, 6) is -0.476. The second-order valence-electron chi connectivity index (χ2n) is 3.33. The van der Waals surface area contributed by atoms with Crippen molar-refractivity contribution in [1.82, 2.24) is 0 Å². The molecule has 0 fully saturated rings. The number of carbonyl (C=O) groups is 1. The molecule has 5 nitrogen and oxygen atoms in total. The standard InChI is InChI=1S/C9H10N2O3S/c10-15(13,14)11-8-4-2-1-3-7(8)5-6-9(11)12/h1-4H,5-6H2,(H2,10,13,14). The third-order valence-electron chi connectivity index (χ3n) is 2.30. The highest BCUT2D eigenvalue weighted by molar-refractivity contribution is 7.91. The van der Waals surface area contributed by atoms with E-state index in [1.807, 2.05) is 0 Å². The van der Waals surface area contributed by atoms with Crippen molar-refractivity contribution in [3.8, 4) is 0 Å². The van der Waals surface area contributed by atoms with Crippen LogP contribution in [0.3, 0.4) is 0 Å². The minimum atomic E-state index is -4.00. The molecule has 1 amide bonds. The fraction of sp³-hybridized carbons (Fsp3) is 0.222. The van der Waals surface area contributed by atoms with E-state index >= 15 is 0 Å². The molecule has 0 saturated heterocycles. The van der Waals surface area contributed by atoms with Crippen LogP contribution in [-0.2, 0) is 21.4 Å². The SMILES string of the molecule is NS(=O)(=O)N1C(=O)CCc2ccccc21. The number of rotatable bonds is 1. The summed E-state index contributed by atoms with van der Waals surface area (Å²) < 4.78 is 23.2. The largest absolute Gasteiger partial charge is 0.305 e. The summed E-state index contributed by atoms with van der Waals surface area (Å²) in [5, 5.41) is 4.99. The van der Waals surface area contributed by atoms with Crippen LogP contribution >= 0.6 is 0 Å². The van der Waals surface area contributed by atoms with E-state index in [0.29, 0.717) is 16.4 Å². The maximum atomic E-state index is 11.5. The molecule has 0 saturated carbocycles. The maximum absolute atomic E-state index is 11.5. The fourth-order valence-electron chi connectivity index (χ4n) is 1.68. The zero-order valence-corrected chi connectivity index (χ0v) is 8.70. The topological polar surface area (TPSA) is 80.5 Å². The molecule has 0 unspecified atom stereocenters. The van der Waals surface area contributed by atoms with Gasteiger partial charge in [-0.25, -0.2) is 5.14 Å². The van der Waals surface area contributed by atoms with Crippen molar-refractivity contribution < 1.29 is 13.2 Å². The predicted octanol–water partition coefficient (Wildman–Crippen LogP) is 0.169. The lowest BCUT2D eigenvalue weighted by atomic mass is 10.0. The minimum Gasteiger partial charge on any atom is -0.273 e. The molecule has 6 heteroatoms. The van der Waals surface area contributed by atoms with Gasteiger partial charge in [0.25, 0.3) is 0 Å². The maximum Gasteiger partial charge on any atom is 0.305 e. The number of hydrogen-bond acceptors (Lipinski definition) is 3. The first-order valence-electron chi connectivity index (χ1n) is 4.44. The molecular formula is C9H10N2O3S. The predicted molar refractivity (Wildman–Crippen MR) is 55.4 cm³/mol. The monoisotopic (exact) mass is 226 g/mol. The zero-order chi connectivity index (χ0) is 11.1. The Bertz CT molecular complexity index is 510. The van der Waals surface area contributed by atoms with Gasteiger partial charge in [-0.15, -0.1) is 0 Å². The molecule has 80 valence electrons. The molecule has 1 heterocycles. The molecule has 15 heavy (non-hydrogen) atoms. The Morgan fingerprint density at radius 3 is 2.53 bits per heavy atom. The van der Waals surface area contributed by atoms with Crippen LogP contribution < -0.4 is 9.44 Å². The number of aryl methyl sites for hydroxylation is 1. The first-order chi connectivity index (χ1) is 7.00. The second-order valence-corrected chi connectivity index (χ2v) is 4.73. The van der Waals surface area contributed by atoms with E-state index in [2.05, 4.69) is 0 Å². The molecule has 2 N–H and O–H groups in total. The Morgan fingerprint density at radius 2 is 1.87 bits per heavy atom. The van der Waals surface area contributed by atoms with E-state index < -0.39 is 16.1 Å². The molecule has 1 aromatic carbocycles. The third-order valence-corrected chi connectivity index (χ3v) is 3.21. The molecule has 0 aliphatic carbocycles. The van der Waals surface area contributed by atoms with Gasteiger partial charge in [-0.3, -0.25) is 4.79 Å². The van der Waals surface area contributed by atoms with Crippen LogP contribution in [0.1, 0.15) is 12.0 Å².